The Labute approximate surface area is 129 Å². The number of amides is 1. The molecule has 2 atom stereocenters. The molecule has 1 fully saturated rings. The summed E-state index contributed by atoms with van der Waals surface area (Å²) in [5.74, 6) is 0. The maximum absolute atomic E-state index is 12.1. The van der Waals surface area contributed by atoms with E-state index in [-0.39, 0.29) is 26.2 Å². The lowest BCUT2D eigenvalue weighted by atomic mass is 10.2. The first-order valence-corrected chi connectivity index (χ1v) is 8.66. The zero-order valence-corrected chi connectivity index (χ0v) is 13.0. The lowest BCUT2D eigenvalue weighted by Gasteiger charge is -2.23. The lowest BCUT2D eigenvalue weighted by molar-refractivity contribution is 0.0802. The second-order valence-corrected chi connectivity index (χ2v) is 6.87. The Kier molecular flexibility index (Phi) is 5.38. The van der Waals surface area contributed by atoms with Crippen LogP contribution in [-0.4, -0.2) is 56.1 Å². The minimum Gasteiger partial charge on any atom is -0.445 e. The molecule has 0 radical (unpaired) electrons. The van der Waals surface area contributed by atoms with Gasteiger partial charge in [0.05, 0.1) is 31.6 Å². The van der Waals surface area contributed by atoms with Crippen molar-refractivity contribution in [2.45, 2.75) is 25.2 Å². The fourth-order valence-corrected chi connectivity index (χ4v) is 2.68. The number of carbonyl (C=O) groups is 1. The van der Waals surface area contributed by atoms with Gasteiger partial charge in [-0.15, -0.1) is 0 Å². The molecule has 1 N–H and O–H groups in total. The molecular formula is C14H19NO6S. The average Bonchev–Trinajstić information content (AvgIpc) is 2.84. The van der Waals surface area contributed by atoms with E-state index in [0.29, 0.717) is 0 Å². The van der Waals surface area contributed by atoms with Crippen molar-refractivity contribution in [1.82, 2.24) is 4.90 Å². The van der Waals surface area contributed by atoms with Gasteiger partial charge in [-0.1, -0.05) is 30.3 Å². The predicted molar refractivity (Wildman–Crippen MR) is 78.5 cm³/mol. The normalized spacial score (nSPS) is 21.8. The molecule has 122 valence electrons. The number of rotatable bonds is 5. The van der Waals surface area contributed by atoms with Gasteiger partial charge >= 0.3 is 6.09 Å². The monoisotopic (exact) mass is 329 g/mol. The molecular weight excluding hydrogens is 310 g/mol. The minimum atomic E-state index is -3.59. The molecule has 1 aromatic carbocycles. The van der Waals surface area contributed by atoms with E-state index in [0.717, 1.165) is 11.8 Å². The molecule has 7 nitrogen and oxygen atoms in total. The van der Waals surface area contributed by atoms with Gasteiger partial charge in [-0.3, -0.25) is 4.18 Å². The predicted octanol–water partition coefficient (Wildman–Crippen LogP) is 0.735. The fraction of sp³-hybridized carbons (Fsp3) is 0.500. The number of aliphatic hydroxyl groups is 1. The van der Waals surface area contributed by atoms with Gasteiger partial charge in [0.25, 0.3) is 10.1 Å². The summed E-state index contributed by atoms with van der Waals surface area (Å²) < 4.78 is 32.0. The Bertz CT molecular complexity index is 603. The SMILES string of the molecule is CS(=O)(=O)OC[C@H]1C[C@@H](O)CN1C(=O)OCc1ccccc1. The Hall–Kier alpha value is -1.64. The fourth-order valence-electron chi connectivity index (χ4n) is 2.28. The molecule has 1 aliphatic heterocycles. The number of nitrogens with zero attached hydrogens (tertiary/aromatic N) is 1. The van der Waals surface area contributed by atoms with E-state index in [1.807, 2.05) is 30.3 Å². The molecule has 0 spiro atoms. The highest BCUT2D eigenvalue weighted by atomic mass is 32.2. The first-order chi connectivity index (χ1) is 10.3. The third kappa shape index (κ3) is 4.97. The standard InChI is InChI=1S/C14H19NO6S/c1-22(18,19)21-10-12-7-13(16)8-15(12)14(17)20-9-11-5-3-2-4-6-11/h2-6,12-13,16H,7-10H2,1H3/t12-,13-/m1/s1. The molecule has 1 aliphatic rings. The van der Waals surface area contributed by atoms with Gasteiger partial charge in [0.15, 0.2) is 0 Å². The maximum Gasteiger partial charge on any atom is 0.410 e. The zero-order chi connectivity index (χ0) is 16.2. The van der Waals surface area contributed by atoms with Crippen LogP contribution in [0.4, 0.5) is 4.79 Å². The van der Waals surface area contributed by atoms with Crippen molar-refractivity contribution >= 4 is 16.2 Å². The van der Waals surface area contributed by atoms with Crippen LogP contribution in [0.25, 0.3) is 0 Å². The van der Waals surface area contributed by atoms with Gasteiger partial charge in [-0.05, 0) is 12.0 Å². The first-order valence-electron chi connectivity index (χ1n) is 6.85. The molecule has 1 aromatic rings. The quantitative estimate of drug-likeness (QED) is 0.801. The molecule has 1 amide bonds. The summed E-state index contributed by atoms with van der Waals surface area (Å²) in [6.45, 7) is 0.0354. The Morgan fingerprint density at radius 2 is 2.05 bits per heavy atom. The van der Waals surface area contributed by atoms with E-state index in [1.165, 1.54) is 4.90 Å². The summed E-state index contributed by atoms with van der Waals surface area (Å²) in [4.78, 5) is 13.4. The van der Waals surface area contributed by atoms with Crippen LogP contribution in [-0.2, 0) is 25.6 Å². The lowest BCUT2D eigenvalue weighted by Crippen LogP contribution is -2.39. The molecule has 1 heterocycles. The molecule has 22 heavy (non-hydrogen) atoms. The van der Waals surface area contributed by atoms with E-state index in [9.17, 15) is 18.3 Å². The summed E-state index contributed by atoms with van der Waals surface area (Å²) in [7, 11) is -3.59. The Morgan fingerprint density at radius 1 is 1.36 bits per heavy atom. The largest absolute Gasteiger partial charge is 0.445 e. The summed E-state index contributed by atoms with van der Waals surface area (Å²) in [5.41, 5.74) is 0.847. The minimum absolute atomic E-state index is 0.103. The van der Waals surface area contributed by atoms with E-state index >= 15 is 0 Å². The van der Waals surface area contributed by atoms with Crippen molar-refractivity contribution in [3.05, 3.63) is 35.9 Å². The van der Waals surface area contributed by atoms with Gasteiger partial charge in [0.1, 0.15) is 6.61 Å². The van der Waals surface area contributed by atoms with Crippen LogP contribution < -0.4 is 0 Å². The number of carbonyl (C=O) groups excluding carboxylic acids is 1. The van der Waals surface area contributed by atoms with Gasteiger partial charge in [0.2, 0.25) is 0 Å². The van der Waals surface area contributed by atoms with Crippen LogP contribution in [0.5, 0.6) is 0 Å². The van der Waals surface area contributed by atoms with Crippen LogP contribution in [0.15, 0.2) is 30.3 Å². The van der Waals surface area contributed by atoms with Crippen molar-refractivity contribution in [3.8, 4) is 0 Å². The third-order valence-corrected chi connectivity index (χ3v) is 3.87. The van der Waals surface area contributed by atoms with E-state index < -0.39 is 28.4 Å². The summed E-state index contributed by atoms with van der Waals surface area (Å²) in [6, 6.07) is 8.68. The molecule has 0 unspecified atom stereocenters. The van der Waals surface area contributed by atoms with Crippen LogP contribution >= 0.6 is 0 Å². The van der Waals surface area contributed by atoms with E-state index in [4.69, 9.17) is 8.92 Å². The van der Waals surface area contributed by atoms with Gasteiger partial charge in [-0.2, -0.15) is 8.42 Å². The number of benzene rings is 1. The second-order valence-electron chi connectivity index (χ2n) is 5.22. The van der Waals surface area contributed by atoms with Gasteiger partial charge in [-0.25, -0.2) is 4.79 Å². The summed E-state index contributed by atoms with van der Waals surface area (Å²) >= 11 is 0. The molecule has 1 saturated heterocycles. The number of likely N-dealkylation sites (tertiary alicyclic amines) is 1. The molecule has 0 aromatic heterocycles. The van der Waals surface area contributed by atoms with Gasteiger partial charge in [0, 0.05) is 0 Å². The molecule has 8 heteroatoms. The maximum atomic E-state index is 12.1. The number of hydrogen-bond acceptors (Lipinski definition) is 6. The summed E-state index contributed by atoms with van der Waals surface area (Å²) in [6.07, 6.45) is -0.105. The number of ether oxygens (including phenoxy) is 1. The van der Waals surface area contributed by atoms with E-state index in [1.54, 1.807) is 0 Å². The van der Waals surface area contributed by atoms with Crippen LogP contribution in [0.1, 0.15) is 12.0 Å². The first kappa shape index (κ1) is 16.7. The van der Waals surface area contributed by atoms with Crippen molar-refractivity contribution in [2.75, 3.05) is 19.4 Å². The van der Waals surface area contributed by atoms with Crippen molar-refractivity contribution in [2.24, 2.45) is 0 Å². The molecule has 0 saturated carbocycles. The zero-order valence-electron chi connectivity index (χ0n) is 12.2. The molecule has 2 rings (SSSR count). The molecule has 0 bridgehead atoms. The Morgan fingerprint density at radius 3 is 2.68 bits per heavy atom. The van der Waals surface area contributed by atoms with Crippen LogP contribution in [0.2, 0.25) is 0 Å². The smallest absolute Gasteiger partial charge is 0.410 e. The average molecular weight is 329 g/mol. The topological polar surface area (TPSA) is 93.1 Å². The van der Waals surface area contributed by atoms with Crippen molar-refractivity contribution in [3.63, 3.8) is 0 Å². The van der Waals surface area contributed by atoms with E-state index in [2.05, 4.69) is 0 Å². The van der Waals surface area contributed by atoms with Crippen LogP contribution in [0.3, 0.4) is 0 Å². The van der Waals surface area contributed by atoms with Crippen molar-refractivity contribution in [1.29, 1.82) is 0 Å². The third-order valence-electron chi connectivity index (χ3n) is 3.31. The Balaban J connectivity index is 1.91. The number of β-amino-alcohol motifs (C(OH)–C–C–N with tert-alkyl or cyclic N) is 1. The van der Waals surface area contributed by atoms with Gasteiger partial charge < -0.3 is 14.7 Å². The molecule has 0 aliphatic carbocycles. The number of aliphatic hydroxyl groups excluding tert-OH is 1. The highest BCUT2D eigenvalue weighted by molar-refractivity contribution is 7.85. The second kappa shape index (κ2) is 7.08. The highest BCUT2D eigenvalue weighted by Gasteiger charge is 2.36. The van der Waals surface area contributed by atoms with Crippen LogP contribution in [0, 0.1) is 0 Å². The number of hydrogen-bond donors (Lipinski definition) is 1. The van der Waals surface area contributed by atoms with Crippen molar-refractivity contribution < 1.29 is 27.2 Å². The summed E-state index contributed by atoms with van der Waals surface area (Å²) in [5, 5.41) is 9.68. The highest BCUT2D eigenvalue weighted by Crippen LogP contribution is 2.20.